The third kappa shape index (κ3) is 3.45. The number of rotatable bonds is 4. The topological polar surface area (TPSA) is 72.5 Å². The quantitative estimate of drug-likeness (QED) is 0.688. The molecule has 1 amide bonds. The number of carbonyl (C=O) groups excluding carboxylic acids is 3. The third-order valence-electron chi connectivity index (χ3n) is 4.28. The maximum absolute atomic E-state index is 12.7. The molecule has 1 aliphatic rings. The van der Waals surface area contributed by atoms with Crippen LogP contribution in [0.2, 0.25) is 0 Å². The van der Waals surface area contributed by atoms with E-state index in [-0.39, 0.29) is 6.42 Å². The number of Topliss-reactive ketones (excluding diaryl/α,β-unsaturated/α-hetero) is 1. The minimum Gasteiger partial charge on any atom is -0.450 e. The molecule has 2 atom stereocenters. The summed E-state index contributed by atoms with van der Waals surface area (Å²) in [4.78, 5) is 37.4. The van der Waals surface area contributed by atoms with Crippen molar-refractivity contribution in [2.75, 3.05) is 5.32 Å². The summed E-state index contributed by atoms with van der Waals surface area (Å²) in [5.74, 6) is -3.40. The fourth-order valence-electron chi connectivity index (χ4n) is 3.02. The Bertz CT molecular complexity index is 831. The van der Waals surface area contributed by atoms with Gasteiger partial charge in [-0.05, 0) is 37.1 Å². The molecule has 0 aliphatic carbocycles. The molecule has 2 aromatic rings. The first kappa shape index (κ1) is 16.9. The highest BCUT2D eigenvalue weighted by Gasteiger charge is 2.55. The molecule has 1 heterocycles. The van der Waals surface area contributed by atoms with Crippen molar-refractivity contribution < 1.29 is 19.1 Å². The van der Waals surface area contributed by atoms with Gasteiger partial charge in [-0.15, -0.1) is 0 Å². The Kier molecular flexibility index (Phi) is 4.40. The van der Waals surface area contributed by atoms with Gasteiger partial charge in [0, 0.05) is 12.1 Å². The number of hydrogen-bond acceptors (Lipinski definition) is 4. The summed E-state index contributed by atoms with van der Waals surface area (Å²) in [6.45, 7) is 3.45. The molecule has 5 nitrogen and oxygen atoms in total. The standard InChI is InChI=1S/C20H19NO4/c1-13-7-6-10-15(11-13)21-18(23)16-17(22)20(2,25-19(16)24)12-14-8-4-3-5-9-14/h3-11,16H,12H2,1-2H3,(H,21,23)/t16?,20-/m1/s1. The molecule has 0 saturated carbocycles. The SMILES string of the molecule is Cc1cccc(NC(=O)C2C(=O)O[C@](C)(Cc3ccccc3)C2=O)c1. The first-order valence-corrected chi connectivity index (χ1v) is 8.08. The van der Waals surface area contributed by atoms with Crippen molar-refractivity contribution in [2.45, 2.75) is 25.9 Å². The van der Waals surface area contributed by atoms with Gasteiger partial charge in [0.2, 0.25) is 5.91 Å². The summed E-state index contributed by atoms with van der Waals surface area (Å²) in [6, 6.07) is 16.4. The fourth-order valence-corrected chi connectivity index (χ4v) is 3.02. The molecule has 1 unspecified atom stereocenters. The van der Waals surface area contributed by atoms with E-state index in [9.17, 15) is 14.4 Å². The summed E-state index contributed by atoms with van der Waals surface area (Å²) in [6.07, 6.45) is 0.243. The van der Waals surface area contributed by atoms with Crippen molar-refractivity contribution >= 4 is 23.3 Å². The van der Waals surface area contributed by atoms with Crippen LogP contribution in [-0.2, 0) is 25.5 Å². The monoisotopic (exact) mass is 337 g/mol. The van der Waals surface area contributed by atoms with E-state index in [1.165, 1.54) is 0 Å². The molecule has 1 aliphatic heterocycles. The third-order valence-corrected chi connectivity index (χ3v) is 4.28. The van der Waals surface area contributed by atoms with Crippen molar-refractivity contribution in [3.8, 4) is 0 Å². The molecule has 128 valence electrons. The number of ketones is 1. The molecule has 0 spiro atoms. The number of amides is 1. The number of aryl methyl sites for hydroxylation is 1. The minimum absolute atomic E-state index is 0.243. The Hall–Kier alpha value is -2.95. The number of carbonyl (C=O) groups is 3. The molecular weight excluding hydrogens is 318 g/mol. The summed E-state index contributed by atoms with van der Waals surface area (Å²) in [7, 11) is 0. The van der Waals surface area contributed by atoms with Crippen LogP contribution in [0, 0.1) is 12.8 Å². The Labute approximate surface area is 146 Å². The van der Waals surface area contributed by atoms with Crippen LogP contribution in [0.4, 0.5) is 5.69 Å². The molecule has 1 saturated heterocycles. The second kappa shape index (κ2) is 6.51. The molecular formula is C20H19NO4. The fraction of sp³-hybridized carbons (Fsp3) is 0.250. The van der Waals surface area contributed by atoms with E-state index in [2.05, 4.69) is 5.32 Å². The second-order valence-corrected chi connectivity index (χ2v) is 6.47. The van der Waals surface area contributed by atoms with Crippen LogP contribution in [0.5, 0.6) is 0 Å². The average Bonchev–Trinajstić information content (AvgIpc) is 2.77. The molecule has 0 aromatic heterocycles. The Morgan fingerprint density at radius 3 is 2.52 bits per heavy atom. The molecule has 3 rings (SSSR count). The second-order valence-electron chi connectivity index (χ2n) is 6.47. The number of benzene rings is 2. The van der Waals surface area contributed by atoms with E-state index in [0.717, 1.165) is 11.1 Å². The van der Waals surface area contributed by atoms with Crippen LogP contribution >= 0.6 is 0 Å². The van der Waals surface area contributed by atoms with E-state index >= 15 is 0 Å². The number of esters is 1. The van der Waals surface area contributed by atoms with E-state index in [1.54, 1.807) is 25.1 Å². The number of ether oxygens (including phenoxy) is 1. The van der Waals surface area contributed by atoms with Crippen molar-refractivity contribution in [1.82, 2.24) is 0 Å². The van der Waals surface area contributed by atoms with Gasteiger partial charge in [0.1, 0.15) is 0 Å². The summed E-state index contributed by atoms with van der Waals surface area (Å²) in [5.41, 5.74) is 1.05. The van der Waals surface area contributed by atoms with Crippen LogP contribution in [0.25, 0.3) is 0 Å². The van der Waals surface area contributed by atoms with Crippen LogP contribution in [-0.4, -0.2) is 23.3 Å². The largest absolute Gasteiger partial charge is 0.450 e. The molecule has 5 heteroatoms. The first-order chi connectivity index (χ1) is 11.9. The lowest BCUT2D eigenvalue weighted by molar-refractivity contribution is -0.151. The van der Waals surface area contributed by atoms with Crippen molar-refractivity contribution in [2.24, 2.45) is 5.92 Å². The van der Waals surface area contributed by atoms with Crippen LogP contribution in [0.15, 0.2) is 54.6 Å². The zero-order chi connectivity index (χ0) is 18.0. The summed E-state index contributed by atoms with van der Waals surface area (Å²) in [5, 5.41) is 2.63. The van der Waals surface area contributed by atoms with Gasteiger partial charge in [0.05, 0.1) is 0 Å². The van der Waals surface area contributed by atoms with Crippen molar-refractivity contribution in [3.63, 3.8) is 0 Å². The highest BCUT2D eigenvalue weighted by molar-refractivity contribution is 6.25. The number of anilines is 1. The van der Waals surface area contributed by atoms with Gasteiger partial charge < -0.3 is 10.1 Å². The highest BCUT2D eigenvalue weighted by Crippen LogP contribution is 2.31. The van der Waals surface area contributed by atoms with Gasteiger partial charge >= 0.3 is 5.97 Å². The van der Waals surface area contributed by atoms with Gasteiger partial charge in [0.25, 0.3) is 0 Å². The molecule has 25 heavy (non-hydrogen) atoms. The number of nitrogens with one attached hydrogen (secondary N) is 1. The van der Waals surface area contributed by atoms with Crippen LogP contribution in [0.1, 0.15) is 18.1 Å². The van der Waals surface area contributed by atoms with Crippen molar-refractivity contribution in [3.05, 3.63) is 65.7 Å². The van der Waals surface area contributed by atoms with Crippen LogP contribution < -0.4 is 5.32 Å². The normalized spacial score (nSPS) is 22.6. The molecule has 2 aromatic carbocycles. The Morgan fingerprint density at radius 1 is 1.12 bits per heavy atom. The minimum atomic E-state index is -1.44. The summed E-state index contributed by atoms with van der Waals surface area (Å²) >= 11 is 0. The van der Waals surface area contributed by atoms with Crippen LogP contribution in [0.3, 0.4) is 0 Å². The zero-order valence-electron chi connectivity index (χ0n) is 14.1. The zero-order valence-corrected chi connectivity index (χ0v) is 14.1. The van der Waals surface area contributed by atoms with Gasteiger partial charge in [-0.1, -0.05) is 42.5 Å². The number of cyclic esters (lactones) is 1. The molecule has 1 N–H and O–H groups in total. The lowest BCUT2D eigenvalue weighted by Gasteiger charge is -2.20. The maximum atomic E-state index is 12.7. The Balaban J connectivity index is 1.77. The van der Waals surface area contributed by atoms with Gasteiger partial charge in [-0.3, -0.25) is 14.4 Å². The molecule has 1 fully saturated rings. The van der Waals surface area contributed by atoms with Gasteiger partial charge in [0.15, 0.2) is 17.3 Å². The van der Waals surface area contributed by atoms with Crippen molar-refractivity contribution in [1.29, 1.82) is 0 Å². The predicted molar refractivity (Wildman–Crippen MR) is 92.9 cm³/mol. The highest BCUT2D eigenvalue weighted by atomic mass is 16.6. The summed E-state index contributed by atoms with van der Waals surface area (Å²) < 4.78 is 5.31. The van der Waals surface area contributed by atoms with Gasteiger partial charge in [-0.25, -0.2) is 0 Å². The average molecular weight is 337 g/mol. The first-order valence-electron chi connectivity index (χ1n) is 8.08. The maximum Gasteiger partial charge on any atom is 0.327 e. The Morgan fingerprint density at radius 2 is 1.84 bits per heavy atom. The van der Waals surface area contributed by atoms with E-state index < -0.39 is 29.2 Å². The van der Waals surface area contributed by atoms with Gasteiger partial charge in [-0.2, -0.15) is 0 Å². The molecule has 0 bridgehead atoms. The lowest BCUT2D eigenvalue weighted by Crippen LogP contribution is -2.39. The van der Waals surface area contributed by atoms with E-state index in [1.807, 2.05) is 43.3 Å². The smallest absolute Gasteiger partial charge is 0.327 e. The predicted octanol–water partition coefficient (Wildman–Crippen LogP) is 2.68. The molecule has 0 radical (unpaired) electrons. The number of hydrogen-bond donors (Lipinski definition) is 1. The van der Waals surface area contributed by atoms with E-state index in [4.69, 9.17) is 4.74 Å². The lowest BCUT2D eigenvalue weighted by atomic mass is 9.88. The van der Waals surface area contributed by atoms with E-state index in [0.29, 0.717) is 5.69 Å².